The zero-order valence-corrected chi connectivity index (χ0v) is 29.4. The zero-order chi connectivity index (χ0) is 33.9. The lowest BCUT2D eigenvalue weighted by atomic mass is 10.1. The average Bonchev–Trinajstić information content (AvgIpc) is 3.53. The fourth-order valence-electron chi connectivity index (χ4n) is 7.77. The highest BCUT2D eigenvalue weighted by molar-refractivity contribution is 6.18. The van der Waals surface area contributed by atoms with Crippen LogP contribution in [0.5, 0.6) is 0 Å². The van der Waals surface area contributed by atoms with Crippen molar-refractivity contribution in [2.75, 3.05) is 0 Å². The maximum absolute atomic E-state index is 15.5. The fourth-order valence-corrected chi connectivity index (χ4v) is 7.77. The molecule has 3 aromatic carbocycles. The quantitative estimate of drug-likeness (QED) is 0.0515. The molecule has 0 spiro atoms. The van der Waals surface area contributed by atoms with Gasteiger partial charge < -0.3 is 9.13 Å². The van der Waals surface area contributed by atoms with Gasteiger partial charge in [-0.3, -0.25) is 0 Å². The van der Waals surface area contributed by atoms with Gasteiger partial charge in [0.1, 0.15) is 23.3 Å². The van der Waals surface area contributed by atoms with Crippen LogP contribution in [0, 0.1) is 23.3 Å². The summed E-state index contributed by atoms with van der Waals surface area (Å²) in [5.74, 6) is -2.38. The van der Waals surface area contributed by atoms with Crippen LogP contribution in [0.1, 0.15) is 142 Å². The molecule has 0 amide bonds. The Hall–Kier alpha value is -3.02. The van der Waals surface area contributed by atoms with Gasteiger partial charge in [-0.15, -0.1) is 0 Å². The van der Waals surface area contributed by atoms with E-state index in [4.69, 9.17) is 0 Å². The molecular formula is C42H56F4N2. The molecule has 0 N–H and O–H groups in total. The van der Waals surface area contributed by atoms with Gasteiger partial charge in [0, 0.05) is 57.8 Å². The normalized spacial score (nSPS) is 12.1. The van der Waals surface area contributed by atoms with Crippen molar-refractivity contribution in [3.8, 4) is 0 Å². The molecule has 6 heteroatoms. The van der Waals surface area contributed by atoms with E-state index >= 15 is 8.78 Å². The van der Waals surface area contributed by atoms with E-state index in [1.807, 2.05) is 21.3 Å². The molecule has 2 aromatic heterocycles. The van der Waals surface area contributed by atoms with Gasteiger partial charge in [-0.2, -0.15) is 0 Å². The molecule has 0 unspecified atom stereocenters. The second-order valence-electron chi connectivity index (χ2n) is 14.1. The molecule has 0 aliphatic carbocycles. The lowest BCUT2D eigenvalue weighted by Gasteiger charge is -2.10. The summed E-state index contributed by atoms with van der Waals surface area (Å²) in [6.07, 6.45) is 24.0. The van der Waals surface area contributed by atoms with Gasteiger partial charge in [0.2, 0.25) is 0 Å². The molecule has 5 rings (SSSR count). The summed E-state index contributed by atoms with van der Waals surface area (Å²) >= 11 is 0. The highest BCUT2D eigenvalue weighted by atomic mass is 19.1. The van der Waals surface area contributed by atoms with Crippen molar-refractivity contribution in [1.82, 2.24) is 9.13 Å². The number of aromatic nitrogens is 2. The summed E-state index contributed by atoms with van der Waals surface area (Å²) in [6.45, 7) is 5.68. The number of aryl methyl sites for hydroxylation is 2. The Morgan fingerprint density at radius 3 is 1.02 bits per heavy atom. The van der Waals surface area contributed by atoms with Gasteiger partial charge in [-0.25, -0.2) is 17.6 Å². The predicted molar refractivity (Wildman–Crippen MR) is 196 cm³/mol. The van der Waals surface area contributed by atoms with E-state index in [0.717, 1.165) is 72.5 Å². The third kappa shape index (κ3) is 8.76. The van der Waals surface area contributed by atoms with Gasteiger partial charge in [-0.1, -0.05) is 129 Å². The van der Waals surface area contributed by atoms with Crippen LogP contribution in [0.2, 0.25) is 0 Å². The van der Waals surface area contributed by atoms with Gasteiger partial charge in [0.15, 0.2) is 0 Å². The van der Waals surface area contributed by atoms with Crippen LogP contribution in [0.4, 0.5) is 17.6 Å². The number of hydrogen-bond acceptors (Lipinski definition) is 0. The van der Waals surface area contributed by atoms with Crippen molar-refractivity contribution in [1.29, 1.82) is 0 Å². The molecule has 0 saturated heterocycles. The fraction of sp³-hybridized carbons (Fsp3) is 0.571. The van der Waals surface area contributed by atoms with Crippen molar-refractivity contribution in [2.45, 2.75) is 155 Å². The molecule has 2 heterocycles. The van der Waals surface area contributed by atoms with Crippen LogP contribution in [0.3, 0.4) is 0 Å². The summed E-state index contributed by atoms with van der Waals surface area (Å²) in [6, 6.07) is 8.65. The minimum Gasteiger partial charge on any atom is -0.338 e. The molecule has 48 heavy (non-hydrogen) atoms. The Morgan fingerprint density at radius 1 is 0.375 bits per heavy atom. The van der Waals surface area contributed by atoms with Crippen molar-refractivity contribution < 1.29 is 17.6 Å². The first-order chi connectivity index (χ1) is 23.4. The number of rotatable bonds is 22. The second-order valence-corrected chi connectivity index (χ2v) is 14.1. The molecule has 0 saturated carbocycles. The Morgan fingerprint density at radius 2 is 0.688 bits per heavy atom. The largest absolute Gasteiger partial charge is 0.338 e. The summed E-state index contributed by atoms with van der Waals surface area (Å²) < 4.78 is 64.1. The minimum absolute atomic E-state index is 0.401. The van der Waals surface area contributed by atoms with E-state index in [-0.39, 0.29) is 0 Å². The summed E-state index contributed by atoms with van der Waals surface area (Å²) in [7, 11) is 0. The number of fused-ring (bicyclic) bond motifs is 6. The monoisotopic (exact) mass is 664 g/mol. The van der Waals surface area contributed by atoms with Crippen LogP contribution >= 0.6 is 0 Å². The Bertz CT molecular complexity index is 1630. The first-order valence-corrected chi connectivity index (χ1v) is 19.2. The number of hydrogen-bond donors (Lipinski definition) is 0. The Balaban J connectivity index is 1.38. The molecular weight excluding hydrogens is 608 g/mol. The third-order valence-electron chi connectivity index (χ3n) is 10.3. The lowest BCUT2D eigenvalue weighted by molar-refractivity contribution is 0.538. The SMILES string of the molecule is CCCCCCCCCCCCn1c2cc3c4cc(F)cc(F)c4n(CCCCCCCCCCCC)c3cc2c2cc(F)cc(F)c21. The third-order valence-corrected chi connectivity index (χ3v) is 10.3. The van der Waals surface area contributed by atoms with Crippen LogP contribution in [0.25, 0.3) is 43.6 Å². The second kappa shape index (κ2) is 18.1. The lowest BCUT2D eigenvalue weighted by Crippen LogP contribution is -2.00. The summed E-state index contributed by atoms with van der Waals surface area (Å²) in [5, 5.41) is 2.55. The number of nitrogens with zero attached hydrogens (tertiary/aromatic N) is 2. The molecule has 0 bridgehead atoms. The molecule has 0 atom stereocenters. The van der Waals surface area contributed by atoms with E-state index in [2.05, 4.69) is 13.8 Å². The van der Waals surface area contributed by atoms with Gasteiger partial charge in [0.25, 0.3) is 0 Å². The van der Waals surface area contributed by atoms with Crippen LogP contribution in [-0.4, -0.2) is 9.13 Å². The molecule has 0 radical (unpaired) electrons. The Kier molecular flexibility index (Phi) is 13.7. The van der Waals surface area contributed by atoms with Crippen LogP contribution in [0.15, 0.2) is 36.4 Å². The van der Waals surface area contributed by atoms with E-state index in [1.54, 1.807) is 0 Å². The van der Waals surface area contributed by atoms with Crippen molar-refractivity contribution >= 4 is 43.6 Å². The smallest absolute Gasteiger partial charge is 0.150 e. The average molecular weight is 665 g/mol. The minimum atomic E-state index is -0.614. The van der Waals surface area contributed by atoms with Crippen molar-refractivity contribution in [3.05, 3.63) is 59.7 Å². The zero-order valence-electron chi connectivity index (χ0n) is 29.4. The predicted octanol–water partition coefficient (Wildman–Crippen LogP) is 14.3. The molecule has 0 aliphatic rings. The van der Waals surface area contributed by atoms with E-state index < -0.39 is 23.3 Å². The van der Waals surface area contributed by atoms with Crippen LogP contribution in [-0.2, 0) is 13.1 Å². The molecule has 5 aromatic rings. The van der Waals surface area contributed by atoms with E-state index in [1.165, 1.54) is 102 Å². The molecule has 0 fully saturated rings. The topological polar surface area (TPSA) is 9.86 Å². The number of benzene rings is 3. The van der Waals surface area contributed by atoms with Gasteiger partial charge >= 0.3 is 0 Å². The van der Waals surface area contributed by atoms with Crippen molar-refractivity contribution in [2.24, 2.45) is 0 Å². The van der Waals surface area contributed by atoms with Gasteiger partial charge in [-0.05, 0) is 37.1 Å². The number of unbranched alkanes of at least 4 members (excludes halogenated alkanes) is 18. The highest BCUT2D eigenvalue weighted by Gasteiger charge is 2.21. The molecule has 0 aliphatic heterocycles. The maximum Gasteiger partial charge on any atom is 0.150 e. The molecule has 262 valence electrons. The molecule has 2 nitrogen and oxygen atoms in total. The van der Waals surface area contributed by atoms with Gasteiger partial charge in [0.05, 0.1) is 11.0 Å². The summed E-state index contributed by atoms with van der Waals surface area (Å²) in [4.78, 5) is 0. The summed E-state index contributed by atoms with van der Waals surface area (Å²) in [5.41, 5.74) is 2.36. The highest BCUT2D eigenvalue weighted by Crippen LogP contribution is 2.39. The Labute approximate surface area is 284 Å². The van der Waals surface area contributed by atoms with E-state index in [0.29, 0.717) is 34.9 Å². The van der Waals surface area contributed by atoms with Crippen molar-refractivity contribution in [3.63, 3.8) is 0 Å². The van der Waals surface area contributed by atoms with Crippen LogP contribution < -0.4 is 0 Å². The maximum atomic E-state index is 15.5. The number of halogens is 4. The standard InChI is InChI=1S/C42H56F4N2/c1-3-5-7-9-11-13-15-17-19-21-23-47-39-29-34-36-26-32(44)28-38(46)42(36)48(24-22-20-18-16-14-12-10-8-6-4-2)40(34)30-33(39)35-25-31(43)27-37(45)41(35)47/h25-30H,3-24H2,1-2H3. The first kappa shape index (κ1) is 36.3. The first-order valence-electron chi connectivity index (χ1n) is 19.2. The van der Waals surface area contributed by atoms with E-state index in [9.17, 15) is 8.78 Å².